The molecule has 0 aliphatic rings. The zero-order valence-electron chi connectivity index (χ0n) is 13.1. The molecule has 2 rings (SSSR count). The molecule has 23 heavy (non-hydrogen) atoms. The summed E-state index contributed by atoms with van der Waals surface area (Å²) in [5.41, 5.74) is 0.648. The Morgan fingerprint density at radius 2 is 2.13 bits per heavy atom. The van der Waals surface area contributed by atoms with Crippen molar-refractivity contribution >= 4 is 18.1 Å². The third kappa shape index (κ3) is 4.97. The molecule has 0 bridgehead atoms. The summed E-state index contributed by atoms with van der Waals surface area (Å²) in [5, 5.41) is 7.12. The van der Waals surface area contributed by atoms with E-state index >= 15 is 0 Å². The van der Waals surface area contributed by atoms with E-state index in [1.807, 2.05) is 14.0 Å². The third-order valence-corrected chi connectivity index (χ3v) is 3.45. The summed E-state index contributed by atoms with van der Waals surface area (Å²) >= 11 is 5.15. The van der Waals surface area contributed by atoms with Gasteiger partial charge in [0.15, 0.2) is 13.2 Å². The van der Waals surface area contributed by atoms with E-state index in [1.165, 1.54) is 16.8 Å². The number of halogens is 1. The number of hydrogen-bond donors (Lipinski definition) is 2. The van der Waals surface area contributed by atoms with Crippen LogP contribution in [0.5, 0.6) is 0 Å². The second kappa shape index (κ2) is 7.98. The number of rotatable bonds is 7. The Kier molecular flexibility index (Phi) is 6.00. The lowest BCUT2D eigenvalue weighted by atomic mass is 10.2. The topological polar surface area (TPSA) is 64.5 Å². The molecule has 1 aromatic heterocycles. The highest BCUT2D eigenvalue weighted by atomic mass is 32.1. The number of nitrogens with zero attached hydrogens (tertiary/aromatic N) is 2. The molecule has 1 unspecified atom stereocenters. The smallest absolute Gasteiger partial charge is 0.292 e. The van der Waals surface area contributed by atoms with Gasteiger partial charge in [0, 0.05) is 12.1 Å². The monoisotopic (exact) mass is 339 g/mol. The molecular weight excluding hydrogens is 319 g/mol. The quantitative estimate of drug-likeness (QED) is 0.739. The molecule has 2 aromatic rings. The number of hydrogen-bond acceptors (Lipinski definition) is 4. The van der Waals surface area contributed by atoms with Crippen LogP contribution in [0.25, 0.3) is 11.5 Å². The van der Waals surface area contributed by atoms with Crippen molar-refractivity contribution in [1.82, 2.24) is 15.1 Å². The van der Waals surface area contributed by atoms with Crippen LogP contribution in [-0.4, -0.2) is 35.8 Å². The van der Waals surface area contributed by atoms with E-state index < -0.39 is 0 Å². The molecule has 0 spiro atoms. The molecule has 124 valence electrons. The summed E-state index contributed by atoms with van der Waals surface area (Å²) in [5.74, 6) is -0.00888. The molecule has 0 radical (unpaired) electrons. The van der Waals surface area contributed by atoms with E-state index in [0.29, 0.717) is 31.2 Å². The Hall–Kier alpha value is -2.06. The molecule has 0 saturated heterocycles. The van der Waals surface area contributed by atoms with Crippen molar-refractivity contribution in [2.24, 2.45) is 0 Å². The maximum Gasteiger partial charge on any atom is 0.292 e. The first-order chi connectivity index (χ1) is 11.0. The number of amides is 1. The number of benzene rings is 1. The van der Waals surface area contributed by atoms with Gasteiger partial charge in [0.1, 0.15) is 5.82 Å². The predicted molar refractivity (Wildman–Crippen MR) is 85.8 cm³/mol. The van der Waals surface area contributed by atoms with Crippen molar-refractivity contribution in [3.05, 3.63) is 34.9 Å². The molecule has 0 aliphatic carbocycles. The summed E-state index contributed by atoms with van der Waals surface area (Å²) in [6.07, 6.45) is 0.903. The third-order valence-electron chi connectivity index (χ3n) is 3.15. The Labute approximate surface area is 138 Å². The summed E-state index contributed by atoms with van der Waals surface area (Å²) in [6.45, 7) is 3.40. The van der Waals surface area contributed by atoms with Crippen LogP contribution >= 0.6 is 12.2 Å². The minimum absolute atomic E-state index is 0.0156. The fourth-order valence-electron chi connectivity index (χ4n) is 2.03. The molecule has 8 heteroatoms. The highest BCUT2D eigenvalue weighted by Crippen LogP contribution is 2.17. The lowest BCUT2D eigenvalue weighted by Gasteiger charge is -2.12. The van der Waals surface area contributed by atoms with Gasteiger partial charge in [-0.3, -0.25) is 4.79 Å². The Bertz CT molecular complexity index is 711. The van der Waals surface area contributed by atoms with Crippen molar-refractivity contribution in [3.8, 4) is 11.5 Å². The van der Waals surface area contributed by atoms with Crippen molar-refractivity contribution in [2.75, 3.05) is 20.1 Å². The van der Waals surface area contributed by atoms with Gasteiger partial charge in [-0.1, -0.05) is 6.92 Å². The summed E-state index contributed by atoms with van der Waals surface area (Å²) in [4.78, 5) is 12.8. The predicted octanol–water partition coefficient (Wildman–Crippen LogP) is 1.01. The van der Waals surface area contributed by atoms with Gasteiger partial charge in [-0.15, -0.1) is 5.10 Å². The highest BCUT2D eigenvalue weighted by Gasteiger charge is 2.14. The molecule has 1 atom stereocenters. The largest absolute Gasteiger partial charge is 0.409 e. The van der Waals surface area contributed by atoms with Crippen molar-refractivity contribution in [3.63, 3.8) is 0 Å². The van der Waals surface area contributed by atoms with Crippen LogP contribution in [0.2, 0.25) is 0 Å². The summed E-state index contributed by atoms with van der Waals surface area (Å²) in [7, 11) is 1.87. The van der Waals surface area contributed by atoms with Crippen LogP contribution in [0.3, 0.4) is 0 Å². The first-order valence-electron chi connectivity index (χ1n) is 7.41. The molecule has 2 N–H and O–H groups in total. The van der Waals surface area contributed by atoms with E-state index in [4.69, 9.17) is 16.6 Å². The van der Waals surface area contributed by atoms with E-state index in [2.05, 4.69) is 10.4 Å². The lowest BCUT2D eigenvalue weighted by molar-refractivity contribution is -0.895. The van der Waals surface area contributed by atoms with Crippen molar-refractivity contribution in [1.29, 1.82) is 0 Å². The summed E-state index contributed by atoms with van der Waals surface area (Å²) in [6, 6.07) is 5.83. The van der Waals surface area contributed by atoms with E-state index in [1.54, 1.807) is 12.1 Å². The first-order valence-corrected chi connectivity index (χ1v) is 7.82. The molecule has 1 heterocycles. The molecule has 1 aromatic carbocycles. The van der Waals surface area contributed by atoms with Crippen molar-refractivity contribution < 1.29 is 18.5 Å². The second-order valence-electron chi connectivity index (χ2n) is 5.32. The number of aromatic nitrogens is 2. The molecule has 0 saturated carbocycles. The maximum atomic E-state index is 13.0. The Morgan fingerprint density at radius 1 is 1.43 bits per heavy atom. The first kappa shape index (κ1) is 17.3. The lowest BCUT2D eigenvalue weighted by Crippen LogP contribution is -3.09. The van der Waals surface area contributed by atoms with Crippen LogP contribution in [0.4, 0.5) is 4.39 Å². The SMILES string of the molecule is CCCNC(=O)C[NH+](C)Cn1nc(-c2ccc(F)cc2)oc1=S. The van der Waals surface area contributed by atoms with Crippen molar-refractivity contribution in [2.45, 2.75) is 20.0 Å². The zero-order valence-corrected chi connectivity index (χ0v) is 14.0. The van der Waals surface area contributed by atoms with Gasteiger partial charge >= 0.3 is 0 Å². The van der Waals surface area contributed by atoms with E-state index in [0.717, 1.165) is 11.3 Å². The van der Waals surface area contributed by atoms with Gasteiger partial charge in [-0.05, 0) is 42.9 Å². The minimum Gasteiger partial charge on any atom is -0.409 e. The normalized spacial score (nSPS) is 12.1. The minimum atomic E-state index is -0.325. The van der Waals surface area contributed by atoms with Crippen LogP contribution in [0.15, 0.2) is 28.7 Å². The molecule has 1 amide bonds. The molecule has 0 fully saturated rings. The van der Waals surface area contributed by atoms with Crippen LogP contribution in [-0.2, 0) is 11.5 Å². The van der Waals surface area contributed by atoms with Crippen LogP contribution < -0.4 is 10.2 Å². The maximum absolute atomic E-state index is 13.0. The van der Waals surface area contributed by atoms with Gasteiger partial charge in [0.2, 0.25) is 5.89 Å². The van der Waals surface area contributed by atoms with Gasteiger partial charge in [0.25, 0.3) is 10.7 Å². The van der Waals surface area contributed by atoms with Crippen LogP contribution in [0.1, 0.15) is 13.3 Å². The molecule has 6 nitrogen and oxygen atoms in total. The average molecular weight is 339 g/mol. The van der Waals surface area contributed by atoms with Crippen LogP contribution in [0, 0.1) is 10.7 Å². The number of carbonyl (C=O) groups is 1. The summed E-state index contributed by atoms with van der Waals surface area (Å²) < 4.78 is 19.9. The molecule has 0 aliphatic heterocycles. The second-order valence-corrected chi connectivity index (χ2v) is 5.67. The zero-order chi connectivity index (χ0) is 16.8. The van der Waals surface area contributed by atoms with Gasteiger partial charge in [0.05, 0.1) is 7.05 Å². The average Bonchev–Trinajstić information content (AvgIpc) is 2.86. The fourth-order valence-corrected chi connectivity index (χ4v) is 2.21. The number of nitrogens with one attached hydrogen (secondary N) is 2. The molecular formula is C15H20FN4O2S+. The highest BCUT2D eigenvalue weighted by molar-refractivity contribution is 7.71. The van der Waals surface area contributed by atoms with Gasteiger partial charge < -0.3 is 14.6 Å². The number of quaternary nitrogens is 1. The number of carbonyl (C=O) groups excluding carboxylic acids is 1. The Balaban J connectivity index is 2.02. The van der Waals surface area contributed by atoms with Gasteiger partial charge in [-0.25, -0.2) is 4.39 Å². The number of likely N-dealkylation sites (N-methyl/N-ethyl adjacent to an activating group) is 1. The van der Waals surface area contributed by atoms with E-state index in [9.17, 15) is 9.18 Å². The fraction of sp³-hybridized carbons (Fsp3) is 0.400. The standard InChI is InChI=1S/C15H19FN4O2S/c1-3-8-17-13(21)9-19(2)10-20-15(23)22-14(18-20)11-4-6-12(16)7-5-11/h4-7H,3,8-10H2,1-2H3,(H,17,21)/p+1. The van der Waals surface area contributed by atoms with Gasteiger partial charge in [-0.2, -0.15) is 4.68 Å². The van der Waals surface area contributed by atoms with E-state index in [-0.39, 0.29) is 16.6 Å². The Morgan fingerprint density at radius 3 is 2.78 bits per heavy atom.